The third-order valence-electron chi connectivity index (χ3n) is 8.36. The molecule has 140 valence electrons. The monoisotopic (exact) mass is 353 g/mol. The third kappa shape index (κ3) is 2.07. The molecule has 0 bridgehead atoms. The van der Waals surface area contributed by atoms with Gasteiger partial charge in [-0.15, -0.1) is 0 Å². The van der Waals surface area contributed by atoms with E-state index >= 15 is 0 Å². The summed E-state index contributed by atoms with van der Waals surface area (Å²) in [6.45, 7) is 12.6. The Morgan fingerprint density at radius 2 is 1.96 bits per heavy atom. The molecule has 3 unspecified atom stereocenters. The number of hydrogen-bond acceptors (Lipinski definition) is 3. The van der Waals surface area contributed by atoms with Crippen LogP contribution in [0.1, 0.15) is 70.4 Å². The number of carbonyl (C=O) groups is 1. The maximum atomic E-state index is 12.8. The molecule has 0 aromatic heterocycles. The lowest BCUT2D eigenvalue weighted by atomic mass is 9.40. The van der Waals surface area contributed by atoms with Gasteiger partial charge < -0.3 is 10.5 Å². The van der Waals surface area contributed by atoms with Crippen molar-refractivity contribution in [2.24, 2.45) is 22.0 Å². The highest BCUT2D eigenvalue weighted by Gasteiger charge is 2.68. The first-order valence-electron chi connectivity index (χ1n) is 9.87. The summed E-state index contributed by atoms with van der Waals surface area (Å²) in [5, 5.41) is 0. The Hall–Kier alpha value is -1.61. The van der Waals surface area contributed by atoms with E-state index < -0.39 is 0 Å². The number of ether oxygens (including phenoxy) is 1. The van der Waals surface area contributed by atoms with Crippen molar-refractivity contribution in [3.8, 4) is 5.75 Å². The van der Waals surface area contributed by atoms with Crippen LogP contribution in [0.2, 0.25) is 0 Å². The number of allylic oxidation sites excluding steroid dienone is 1. The number of carbonyl (C=O) groups excluding carboxylic acids is 1. The molecule has 0 radical (unpaired) electrons. The van der Waals surface area contributed by atoms with Crippen molar-refractivity contribution in [2.45, 2.75) is 71.8 Å². The van der Waals surface area contributed by atoms with E-state index in [1.54, 1.807) is 0 Å². The van der Waals surface area contributed by atoms with Gasteiger partial charge in [0.15, 0.2) is 0 Å². The average molecular weight is 354 g/mol. The molecule has 1 aromatic rings. The summed E-state index contributed by atoms with van der Waals surface area (Å²) in [5.74, 6) is 2.28. The van der Waals surface area contributed by atoms with Gasteiger partial charge in [-0.3, -0.25) is 4.79 Å². The highest BCUT2D eigenvalue weighted by molar-refractivity contribution is 5.88. The molecule has 0 saturated heterocycles. The summed E-state index contributed by atoms with van der Waals surface area (Å²) in [4.78, 5) is 12.8. The predicted molar refractivity (Wildman–Crippen MR) is 104 cm³/mol. The molecule has 5 atom stereocenters. The van der Waals surface area contributed by atoms with Crippen molar-refractivity contribution in [1.29, 1.82) is 0 Å². The number of hydrogen-bond donors (Lipinski definition) is 1. The quantitative estimate of drug-likeness (QED) is 0.781. The fourth-order valence-corrected chi connectivity index (χ4v) is 6.65. The Balaban J connectivity index is 1.81. The number of Topliss-reactive ketones (excluding diaryl/α,β-unsaturated/α-hetero) is 1. The number of ketones is 1. The van der Waals surface area contributed by atoms with Gasteiger partial charge in [0.25, 0.3) is 0 Å². The first kappa shape index (κ1) is 17.8. The smallest absolute Gasteiger partial charge is 0.139 e. The molecule has 2 saturated carbocycles. The fourth-order valence-electron chi connectivity index (χ4n) is 6.65. The lowest BCUT2D eigenvalue weighted by Gasteiger charge is -2.64. The van der Waals surface area contributed by atoms with E-state index in [0.29, 0.717) is 23.9 Å². The van der Waals surface area contributed by atoms with Crippen LogP contribution in [0.15, 0.2) is 30.5 Å². The molecule has 26 heavy (non-hydrogen) atoms. The Kier molecular flexibility index (Phi) is 3.73. The second-order valence-corrected chi connectivity index (χ2v) is 9.52. The van der Waals surface area contributed by atoms with Gasteiger partial charge in [-0.2, -0.15) is 0 Å². The van der Waals surface area contributed by atoms with Gasteiger partial charge in [-0.25, -0.2) is 0 Å². The summed E-state index contributed by atoms with van der Waals surface area (Å²) in [6, 6.07) is 6.43. The lowest BCUT2D eigenvalue weighted by molar-refractivity contribution is -0.147. The summed E-state index contributed by atoms with van der Waals surface area (Å²) in [5.41, 5.74) is 9.27. The lowest BCUT2D eigenvalue weighted by Crippen LogP contribution is -2.62. The van der Waals surface area contributed by atoms with Crippen molar-refractivity contribution in [3.05, 3.63) is 41.7 Å². The number of nitrogens with two attached hydrogens (primary N) is 1. The Labute approximate surface area is 157 Å². The molecular weight excluding hydrogens is 322 g/mol. The first-order valence-corrected chi connectivity index (χ1v) is 9.87. The Bertz CT molecular complexity index is 799. The molecule has 0 heterocycles. The van der Waals surface area contributed by atoms with Crippen molar-refractivity contribution in [1.82, 2.24) is 0 Å². The third-order valence-corrected chi connectivity index (χ3v) is 8.36. The zero-order valence-electron chi connectivity index (χ0n) is 16.5. The Morgan fingerprint density at radius 1 is 1.23 bits per heavy atom. The molecule has 2 fully saturated rings. The number of aryl methyl sites for hydroxylation is 1. The topological polar surface area (TPSA) is 52.3 Å². The zero-order chi connectivity index (χ0) is 18.9. The summed E-state index contributed by atoms with van der Waals surface area (Å²) >= 11 is 0. The van der Waals surface area contributed by atoms with Gasteiger partial charge in [0.2, 0.25) is 0 Å². The number of rotatable bonds is 2. The maximum Gasteiger partial charge on any atom is 0.139 e. The molecule has 3 aliphatic rings. The normalized spacial score (nSPS) is 41.2. The largest absolute Gasteiger partial charge is 0.463 e. The number of benzene rings is 1. The van der Waals surface area contributed by atoms with Crippen LogP contribution in [-0.2, 0) is 11.2 Å². The van der Waals surface area contributed by atoms with Gasteiger partial charge in [0.05, 0.1) is 5.76 Å². The minimum absolute atomic E-state index is 0.0161. The Morgan fingerprint density at radius 3 is 2.65 bits per heavy atom. The highest BCUT2D eigenvalue weighted by atomic mass is 16.5. The standard InChI is InChI=1S/C23H31NO2/c1-14(2)26-16-6-7-17-15(12-16)8-10-21(3)20(17)18(24)13-22(4)19(25)9-11-23(21,22)5/h6-7,12,18,20H,1,8-11,13,24H2,2-5H3/t18?,20-,21?,22?,23-/m0/s1. The second-order valence-electron chi connectivity index (χ2n) is 9.52. The summed E-state index contributed by atoms with van der Waals surface area (Å²) in [6.07, 6.45) is 4.59. The van der Waals surface area contributed by atoms with Crippen LogP contribution in [0.3, 0.4) is 0 Å². The van der Waals surface area contributed by atoms with Crippen LogP contribution in [0.25, 0.3) is 0 Å². The van der Waals surface area contributed by atoms with Gasteiger partial charge in [-0.05, 0) is 66.7 Å². The summed E-state index contributed by atoms with van der Waals surface area (Å²) in [7, 11) is 0. The SMILES string of the molecule is C=C(C)Oc1ccc2c(c1)CCC1(C)[C@@H]2C(N)CC2(C)C(=O)CC[C@]21C. The second kappa shape index (κ2) is 5.45. The van der Waals surface area contributed by atoms with Crippen LogP contribution in [0.4, 0.5) is 0 Å². The molecule has 4 rings (SSSR count). The molecule has 3 nitrogen and oxygen atoms in total. The highest BCUT2D eigenvalue weighted by Crippen LogP contribution is 2.72. The van der Waals surface area contributed by atoms with Gasteiger partial charge in [-0.1, -0.05) is 33.4 Å². The van der Waals surface area contributed by atoms with Crippen molar-refractivity contribution < 1.29 is 9.53 Å². The van der Waals surface area contributed by atoms with E-state index in [4.69, 9.17) is 10.5 Å². The van der Waals surface area contributed by atoms with Crippen LogP contribution >= 0.6 is 0 Å². The van der Waals surface area contributed by atoms with E-state index in [1.807, 2.05) is 13.0 Å². The van der Waals surface area contributed by atoms with Crippen LogP contribution in [0, 0.1) is 16.2 Å². The van der Waals surface area contributed by atoms with Crippen LogP contribution in [-0.4, -0.2) is 11.8 Å². The first-order chi connectivity index (χ1) is 12.1. The van der Waals surface area contributed by atoms with E-state index in [0.717, 1.165) is 31.4 Å². The van der Waals surface area contributed by atoms with Crippen LogP contribution < -0.4 is 10.5 Å². The molecule has 3 heteroatoms. The van der Waals surface area contributed by atoms with E-state index in [-0.39, 0.29) is 22.3 Å². The van der Waals surface area contributed by atoms with Gasteiger partial charge in [0.1, 0.15) is 11.5 Å². The zero-order valence-corrected chi connectivity index (χ0v) is 16.5. The molecule has 0 aliphatic heterocycles. The average Bonchev–Trinajstić information content (AvgIpc) is 2.79. The van der Waals surface area contributed by atoms with E-state index in [1.165, 1.54) is 11.1 Å². The molecular formula is C23H31NO2. The van der Waals surface area contributed by atoms with Gasteiger partial charge >= 0.3 is 0 Å². The minimum Gasteiger partial charge on any atom is -0.463 e. The predicted octanol–water partition coefficient (Wildman–Crippen LogP) is 4.74. The fraction of sp³-hybridized carbons (Fsp3) is 0.609. The molecule has 2 N–H and O–H groups in total. The van der Waals surface area contributed by atoms with E-state index in [2.05, 4.69) is 39.5 Å². The van der Waals surface area contributed by atoms with Crippen molar-refractivity contribution >= 4 is 5.78 Å². The molecule has 1 aromatic carbocycles. The molecule has 3 aliphatic carbocycles. The van der Waals surface area contributed by atoms with Crippen LogP contribution in [0.5, 0.6) is 5.75 Å². The number of fused-ring (bicyclic) bond motifs is 5. The summed E-state index contributed by atoms with van der Waals surface area (Å²) < 4.78 is 5.72. The minimum atomic E-state index is -0.280. The molecule has 0 amide bonds. The van der Waals surface area contributed by atoms with Gasteiger partial charge in [0, 0.05) is 23.8 Å². The van der Waals surface area contributed by atoms with E-state index in [9.17, 15) is 4.79 Å². The van der Waals surface area contributed by atoms with Crippen molar-refractivity contribution in [2.75, 3.05) is 0 Å². The van der Waals surface area contributed by atoms with Crippen molar-refractivity contribution in [3.63, 3.8) is 0 Å². The molecule has 0 spiro atoms. The maximum absolute atomic E-state index is 12.8.